The molecule has 1 aliphatic heterocycles. The highest BCUT2D eigenvalue weighted by molar-refractivity contribution is 5.99. The standard InChI is InChI=1S/C21H27N3O2.FH/c1-4-15(12-25)22-21(26)14-8-17-16-6-5-7-18-20(16)13(10-23(18)2)9-19(17)24(3)11-14;/h5-8,10,14-15,19,25H,4,9,11-12H2,1-3H3,(H,22,26);1H/t14-,15+,19-;/m1./s1. The molecule has 27 heavy (non-hydrogen) atoms. The van der Waals surface area contributed by atoms with Crippen molar-refractivity contribution in [2.24, 2.45) is 13.0 Å². The molecule has 0 unspecified atom stereocenters. The normalized spacial score (nSPS) is 22.6. The van der Waals surface area contributed by atoms with E-state index in [4.69, 9.17) is 0 Å². The van der Waals surface area contributed by atoms with Crippen molar-refractivity contribution in [1.29, 1.82) is 0 Å². The van der Waals surface area contributed by atoms with E-state index < -0.39 is 0 Å². The number of carbonyl (C=O) groups is 1. The van der Waals surface area contributed by atoms with Gasteiger partial charge in [0.25, 0.3) is 0 Å². The molecule has 2 aliphatic rings. The van der Waals surface area contributed by atoms with Crippen LogP contribution in [0.5, 0.6) is 0 Å². The predicted molar refractivity (Wildman–Crippen MR) is 106 cm³/mol. The van der Waals surface area contributed by atoms with Crippen molar-refractivity contribution in [3.8, 4) is 0 Å². The minimum Gasteiger partial charge on any atom is -0.394 e. The summed E-state index contributed by atoms with van der Waals surface area (Å²) < 4.78 is 2.20. The number of aliphatic hydroxyl groups is 1. The Morgan fingerprint density at radius 1 is 1.37 bits per heavy atom. The number of fused-ring (bicyclic) bond motifs is 2. The van der Waals surface area contributed by atoms with Crippen molar-refractivity contribution < 1.29 is 14.6 Å². The molecule has 0 bridgehead atoms. The zero-order chi connectivity index (χ0) is 18.4. The second-order valence-electron chi connectivity index (χ2n) is 7.65. The number of nitrogens with zero attached hydrogens (tertiary/aromatic N) is 2. The van der Waals surface area contributed by atoms with Gasteiger partial charge in [0.2, 0.25) is 5.91 Å². The molecule has 0 radical (unpaired) electrons. The van der Waals surface area contributed by atoms with Crippen LogP contribution in [0.3, 0.4) is 0 Å². The molecule has 0 saturated carbocycles. The van der Waals surface area contributed by atoms with Gasteiger partial charge in [-0.15, -0.1) is 0 Å². The van der Waals surface area contributed by atoms with E-state index in [1.807, 2.05) is 6.92 Å². The number of hydrogen-bond acceptors (Lipinski definition) is 3. The molecule has 1 amide bonds. The summed E-state index contributed by atoms with van der Waals surface area (Å²) in [6.07, 6.45) is 6.12. The lowest BCUT2D eigenvalue weighted by molar-refractivity contribution is -0.125. The van der Waals surface area contributed by atoms with Gasteiger partial charge in [-0.25, -0.2) is 0 Å². The molecule has 1 aromatic heterocycles. The Balaban J connectivity index is 0.00000210. The third-order valence-electron chi connectivity index (χ3n) is 5.97. The number of likely N-dealkylation sites (N-methyl/N-ethyl adjacent to an activating group) is 1. The van der Waals surface area contributed by atoms with E-state index in [0.29, 0.717) is 12.6 Å². The van der Waals surface area contributed by atoms with Crippen LogP contribution in [0.15, 0.2) is 30.5 Å². The molecule has 0 spiro atoms. The Hall–Kier alpha value is -2.18. The average Bonchev–Trinajstić information content (AvgIpc) is 2.97. The first-order valence-corrected chi connectivity index (χ1v) is 9.44. The minimum atomic E-state index is -0.188. The van der Waals surface area contributed by atoms with Gasteiger partial charge in [-0.1, -0.05) is 25.1 Å². The highest BCUT2D eigenvalue weighted by Gasteiger charge is 2.36. The largest absolute Gasteiger partial charge is 0.394 e. The topological polar surface area (TPSA) is 57.5 Å². The van der Waals surface area contributed by atoms with E-state index in [2.05, 4.69) is 59.4 Å². The van der Waals surface area contributed by atoms with Crippen LogP contribution in [0, 0.1) is 5.92 Å². The number of benzene rings is 1. The number of aromatic nitrogens is 1. The lowest BCUT2D eigenvalue weighted by atomic mass is 9.80. The number of aliphatic hydroxyl groups excluding tert-OH is 1. The lowest BCUT2D eigenvalue weighted by Gasteiger charge is -2.39. The third kappa shape index (κ3) is 3.17. The van der Waals surface area contributed by atoms with Crippen LogP contribution in [0.2, 0.25) is 0 Å². The minimum absolute atomic E-state index is 0. The Morgan fingerprint density at radius 3 is 2.85 bits per heavy atom. The summed E-state index contributed by atoms with van der Waals surface area (Å²) >= 11 is 0. The van der Waals surface area contributed by atoms with Gasteiger partial charge < -0.3 is 15.0 Å². The number of rotatable bonds is 4. The van der Waals surface area contributed by atoms with Gasteiger partial charge in [0.05, 0.1) is 18.6 Å². The SMILES string of the molecule is CC[C@@H](CO)NC(=O)[C@@H]1C=C2c3cccc4c3c(cn4C)C[C@H]2N(C)C1.F. The van der Waals surface area contributed by atoms with Gasteiger partial charge >= 0.3 is 0 Å². The smallest absolute Gasteiger partial charge is 0.228 e. The molecule has 2 N–H and O–H groups in total. The van der Waals surface area contributed by atoms with Crippen molar-refractivity contribution in [3.05, 3.63) is 41.6 Å². The summed E-state index contributed by atoms with van der Waals surface area (Å²) in [5.74, 6) is -0.179. The first-order chi connectivity index (χ1) is 12.5. The zero-order valence-electron chi connectivity index (χ0n) is 16.1. The number of amides is 1. The first kappa shape index (κ1) is 19.6. The van der Waals surface area contributed by atoms with E-state index in [1.165, 1.54) is 27.6 Å². The summed E-state index contributed by atoms with van der Waals surface area (Å²) in [5.41, 5.74) is 5.16. The molecule has 2 aromatic rings. The van der Waals surface area contributed by atoms with Crippen LogP contribution < -0.4 is 5.32 Å². The van der Waals surface area contributed by atoms with Gasteiger partial charge in [0.15, 0.2) is 0 Å². The fourth-order valence-corrected chi connectivity index (χ4v) is 4.48. The summed E-state index contributed by atoms with van der Waals surface area (Å²) in [6.45, 7) is 2.66. The Bertz CT molecular complexity index is 885. The average molecular weight is 373 g/mol. The molecule has 1 aliphatic carbocycles. The van der Waals surface area contributed by atoms with Crippen molar-refractivity contribution in [2.45, 2.75) is 31.8 Å². The molecule has 146 valence electrons. The number of hydrogen-bond donors (Lipinski definition) is 2. The fraction of sp³-hybridized carbons (Fsp3) is 0.476. The quantitative estimate of drug-likeness (QED) is 0.863. The second-order valence-corrected chi connectivity index (χ2v) is 7.65. The van der Waals surface area contributed by atoms with E-state index in [1.54, 1.807) is 0 Å². The molecule has 1 aromatic carbocycles. The number of nitrogens with one attached hydrogen (secondary N) is 1. The monoisotopic (exact) mass is 373 g/mol. The molecular weight excluding hydrogens is 345 g/mol. The summed E-state index contributed by atoms with van der Waals surface area (Å²) in [4.78, 5) is 15.0. The predicted octanol–water partition coefficient (Wildman–Crippen LogP) is 2.09. The molecule has 3 atom stereocenters. The number of aryl methyl sites for hydroxylation is 1. The van der Waals surface area contributed by atoms with Gasteiger partial charge in [0.1, 0.15) is 0 Å². The molecular formula is C21H28FN3O2. The van der Waals surface area contributed by atoms with Crippen LogP contribution in [-0.2, 0) is 18.3 Å². The highest BCUT2D eigenvalue weighted by Crippen LogP contribution is 2.41. The molecule has 4 rings (SSSR count). The number of halogens is 1. The maximum atomic E-state index is 12.7. The van der Waals surface area contributed by atoms with Crippen LogP contribution in [-0.4, -0.2) is 52.8 Å². The van der Waals surface area contributed by atoms with E-state index in [9.17, 15) is 9.90 Å². The van der Waals surface area contributed by atoms with Gasteiger partial charge in [-0.3, -0.25) is 14.4 Å². The second kappa shape index (κ2) is 7.44. The first-order valence-electron chi connectivity index (χ1n) is 9.44. The molecule has 6 heteroatoms. The maximum absolute atomic E-state index is 12.7. The van der Waals surface area contributed by atoms with E-state index in [0.717, 1.165) is 12.8 Å². The Morgan fingerprint density at radius 2 is 2.15 bits per heavy atom. The molecule has 0 fully saturated rings. The maximum Gasteiger partial charge on any atom is 0.228 e. The van der Waals surface area contributed by atoms with Crippen molar-refractivity contribution >= 4 is 22.4 Å². The van der Waals surface area contributed by atoms with Crippen LogP contribution >= 0.6 is 0 Å². The van der Waals surface area contributed by atoms with Crippen LogP contribution in [0.25, 0.3) is 16.5 Å². The Labute approximate surface area is 159 Å². The van der Waals surface area contributed by atoms with Crippen molar-refractivity contribution in [2.75, 3.05) is 20.2 Å². The molecule has 0 saturated heterocycles. The van der Waals surface area contributed by atoms with Gasteiger partial charge in [-0.05, 0) is 42.7 Å². The summed E-state index contributed by atoms with van der Waals surface area (Å²) in [7, 11) is 4.20. The lowest BCUT2D eigenvalue weighted by Crippen LogP contribution is -2.48. The number of carbonyl (C=O) groups excluding carboxylic acids is 1. The molecule has 5 nitrogen and oxygen atoms in total. The van der Waals surface area contributed by atoms with Crippen molar-refractivity contribution in [3.63, 3.8) is 0 Å². The molecule has 2 heterocycles. The summed E-state index contributed by atoms with van der Waals surface area (Å²) in [5, 5.41) is 13.7. The fourth-order valence-electron chi connectivity index (χ4n) is 4.48. The van der Waals surface area contributed by atoms with Crippen LogP contribution in [0.4, 0.5) is 4.70 Å². The summed E-state index contributed by atoms with van der Waals surface area (Å²) in [6, 6.07) is 6.60. The van der Waals surface area contributed by atoms with Crippen LogP contribution in [0.1, 0.15) is 24.5 Å². The van der Waals surface area contributed by atoms with E-state index in [-0.39, 0.29) is 29.2 Å². The zero-order valence-corrected chi connectivity index (χ0v) is 16.1. The Kier molecular flexibility index (Phi) is 5.40. The third-order valence-corrected chi connectivity index (χ3v) is 5.97. The van der Waals surface area contributed by atoms with Gasteiger partial charge in [-0.2, -0.15) is 0 Å². The van der Waals surface area contributed by atoms with E-state index >= 15 is 0 Å². The highest BCUT2D eigenvalue weighted by atomic mass is 19.0. The van der Waals surface area contributed by atoms with Crippen molar-refractivity contribution in [1.82, 2.24) is 14.8 Å². The van der Waals surface area contributed by atoms with Gasteiger partial charge in [0, 0.05) is 36.7 Å².